The van der Waals surface area contributed by atoms with Crippen molar-refractivity contribution in [3.05, 3.63) is 17.6 Å². The van der Waals surface area contributed by atoms with Gasteiger partial charge < -0.3 is 10.5 Å². The van der Waals surface area contributed by atoms with E-state index in [4.69, 9.17) is 10.5 Å². The van der Waals surface area contributed by atoms with Crippen molar-refractivity contribution in [2.75, 3.05) is 12.8 Å². The van der Waals surface area contributed by atoms with Crippen molar-refractivity contribution < 1.29 is 4.74 Å². The molecule has 0 amide bonds. The van der Waals surface area contributed by atoms with Crippen LogP contribution in [0.25, 0.3) is 0 Å². The lowest BCUT2D eigenvalue weighted by Crippen LogP contribution is -2.10. The largest absolute Gasteiger partial charge is 0.384 e. The first kappa shape index (κ1) is 11.9. The monoisotopic (exact) mass is 209 g/mol. The van der Waals surface area contributed by atoms with Gasteiger partial charge in [-0.25, -0.2) is 9.97 Å². The first-order valence-corrected chi connectivity index (χ1v) is 5.25. The smallest absolute Gasteiger partial charge is 0.159 e. The van der Waals surface area contributed by atoms with Crippen molar-refractivity contribution in [1.29, 1.82) is 0 Å². The molecule has 15 heavy (non-hydrogen) atoms. The second-order valence-electron chi connectivity index (χ2n) is 3.86. The molecular weight excluding hydrogens is 190 g/mol. The molecule has 1 aromatic heterocycles. The van der Waals surface area contributed by atoms with E-state index in [2.05, 4.69) is 23.8 Å². The molecule has 0 spiro atoms. The number of aromatic nitrogens is 2. The molecule has 1 rings (SSSR count). The van der Waals surface area contributed by atoms with Gasteiger partial charge in [0.25, 0.3) is 0 Å². The minimum Gasteiger partial charge on any atom is -0.384 e. The first-order chi connectivity index (χ1) is 7.08. The predicted octanol–water partition coefficient (Wildman–Crippen LogP) is 2.28. The number of hydrogen-bond acceptors (Lipinski definition) is 4. The minimum absolute atomic E-state index is 0.0639. The van der Waals surface area contributed by atoms with Gasteiger partial charge in [-0.1, -0.05) is 20.8 Å². The van der Waals surface area contributed by atoms with Crippen molar-refractivity contribution in [3.63, 3.8) is 0 Å². The highest BCUT2D eigenvalue weighted by Gasteiger charge is 2.14. The van der Waals surface area contributed by atoms with E-state index in [1.807, 2.05) is 13.0 Å². The molecule has 0 aromatic carbocycles. The molecule has 4 nitrogen and oxygen atoms in total. The molecule has 0 fully saturated rings. The quantitative estimate of drug-likeness (QED) is 0.826. The Labute approximate surface area is 90.9 Å². The highest BCUT2D eigenvalue weighted by Crippen LogP contribution is 2.20. The zero-order valence-corrected chi connectivity index (χ0v) is 9.82. The van der Waals surface area contributed by atoms with Crippen molar-refractivity contribution in [3.8, 4) is 0 Å². The maximum Gasteiger partial charge on any atom is 0.159 e. The Morgan fingerprint density at radius 1 is 1.40 bits per heavy atom. The Balaban J connectivity index is 3.07. The van der Waals surface area contributed by atoms with Gasteiger partial charge in [-0.05, 0) is 12.3 Å². The molecule has 0 aliphatic heterocycles. The molecule has 4 heteroatoms. The molecule has 0 aliphatic carbocycles. The Kier molecular flexibility index (Phi) is 4.03. The van der Waals surface area contributed by atoms with E-state index in [0.29, 0.717) is 17.6 Å². The van der Waals surface area contributed by atoms with Crippen LogP contribution in [-0.4, -0.2) is 17.1 Å². The second kappa shape index (κ2) is 5.07. The summed E-state index contributed by atoms with van der Waals surface area (Å²) in [5.41, 5.74) is 6.70. The van der Waals surface area contributed by atoms with Crippen molar-refractivity contribution in [2.45, 2.75) is 39.2 Å². The summed E-state index contributed by atoms with van der Waals surface area (Å²) < 4.78 is 5.29. The molecule has 1 heterocycles. The van der Waals surface area contributed by atoms with Crippen LogP contribution in [0.5, 0.6) is 0 Å². The number of nitrogens with two attached hydrogens (primary N) is 1. The van der Waals surface area contributed by atoms with Gasteiger partial charge in [-0.3, -0.25) is 0 Å². The minimum atomic E-state index is -0.0639. The van der Waals surface area contributed by atoms with Crippen LogP contribution < -0.4 is 5.73 Å². The third-order valence-electron chi connectivity index (χ3n) is 2.32. The summed E-state index contributed by atoms with van der Waals surface area (Å²) in [5, 5.41) is 0. The summed E-state index contributed by atoms with van der Waals surface area (Å²) in [6.07, 6.45) is 0.781. The number of nitrogen functional groups attached to an aromatic ring is 1. The Hall–Kier alpha value is -1.16. The second-order valence-corrected chi connectivity index (χ2v) is 3.86. The summed E-state index contributed by atoms with van der Waals surface area (Å²) in [7, 11) is 1.66. The van der Waals surface area contributed by atoms with E-state index in [1.54, 1.807) is 7.11 Å². The lowest BCUT2D eigenvalue weighted by atomic mass is 10.1. The van der Waals surface area contributed by atoms with Crippen LogP contribution in [0.15, 0.2) is 6.07 Å². The first-order valence-electron chi connectivity index (χ1n) is 5.25. The SMILES string of the molecule is CCC(OC)c1nc(N)cc(C(C)C)n1. The number of methoxy groups -OCH3 is 1. The molecule has 1 atom stereocenters. The van der Waals surface area contributed by atoms with E-state index in [-0.39, 0.29) is 6.10 Å². The Bertz CT molecular complexity index is 322. The summed E-state index contributed by atoms with van der Waals surface area (Å²) in [6.45, 7) is 6.20. The van der Waals surface area contributed by atoms with E-state index < -0.39 is 0 Å². The van der Waals surface area contributed by atoms with Crippen molar-refractivity contribution in [1.82, 2.24) is 9.97 Å². The maximum absolute atomic E-state index is 5.74. The Morgan fingerprint density at radius 3 is 2.53 bits per heavy atom. The molecular formula is C11H19N3O. The van der Waals surface area contributed by atoms with E-state index in [0.717, 1.165) is 12.1 Å². The topological polar surface area (TPSA) is 61.0 Å². The van der Waals surface area contributed by atoms with Crippen LogP contribution in [0.1, 0.15) is 50.7 Å². The number of anilines is 1. The van der Waals surface area contributed by atoms with Crippen LogP contribution in [-0.2, 0) is 4.74 Å². The molecule has 0 saturated heterocycles. The molecule has 2 N–H and O–H groups in total. The highest BCUT2D eigenvalue weighted by atomic mass is 16.5. The van der Waals surface area contributed by atoms with Gasteiger partial charge in [-0.2, -0.15) is 0 Å². The fourth-order valence-electron chi connectivity index (χ4n) is 1.40. The van der Waals surface area contributed by atoms with Gasteiger partial charge in [-0.15, -0.1) is 0 Å². The van der Waals surface area contributed by atoms with Gasteiger partial charge in [0.2, 0.25) is 0 Å². The van der Waals surface area contributed by atoms with Crippen molar-refractivity contribution in [2.24, 2.45) is 0 Å². The molecule has 84 valence electrons. The highest BCUT2D eigenvalue weighted by molar-refractivity contribution is 5.31. The summed E-state index contributed by atoms with van der Waals surface area (Å²) in [6, 6.07) is 1.82. The van der Waals surface area contributed by atoms with E-state index in [9.17, 15) is 0 Å². The van der Waals surface area contributed by atoms with Gasteiger partial charge in [0.15, 0.2) is 5.82 Å². The van der Waals surface area contributed by atoms with Gasteiger partial charge in [0, 0.05) is 18.9 Å². The molecule has 0 saturated carbocycles. The fraction of sp³-hybridized carbons (Fsp3) is 0.636. The number of hydrogen-bond donors (Lipinski definition) is 1. The molecule has 0 aliphatic rings. The molecule has 0 radical (unpaired) electrons. The van der Waals surface area contributed by atoms with Crippen LogP contribution in [0.3, 0.4) is 0 Å². The predicted molar refractivity (Wildman–Crippen MR) is 60.6 cm³/mol. The zero-order valence-electron chi connectivity index (χ0n) is 9.82. The number of nitrogens with zero attached hydrogens (tertiary/aromatic N) is 2. The van der Waals surface area contributed by atoms with Gasteiger partial charge in [0.1, 0.15) is 11.9 Å². The molecule has 1 aromatic rings. The summed E-state index contributed by atoms with van der Waals surface area (Å²) in [5.74, 6) is 1.55. The van der Waals surface area contributed by atoms with Crippen molar-refractivity contribution >= 4 is 5.82 Å². The average molecular weight is 209 g/mol. The average Bonchev–Trinajstić information content (AvgIpc) is 2.18. The van der Waals surface area contributed by atoms with Crippen LogP contribution in [0.4, 0.5) is 5.82 Å². The summed E-state index contributed by atoms with van der Waals surface area (Å²) in [4.78, 5) is 8.66. The normalized spacial score (nSPS) is 13.1. The molecule has 1 unspecified atom stereocenters. The standard InChI is InChI=1S/C11H19N3O/c1-5-9(15-4)11-13-8(7(2)3)6-10(12)14-11/h6-7,9H,5H2,1-4H3,(H2,12,13,14). The summed E-state index contributed by atoms with van der Waals surface area (Å²) >= 11 is 0. The van der Waals surface area contributed by atoms with Crippen LogP contribution in [0, 0.1) is 0 Å². The van der Waals surface area contributed by atoms with Crippen LogP contribution >= 0.6 is 0 Å². The Morgan fingerprint density at radius 2 is 2.07 bits per heavy atom. The third kappa shape index (κ3) is 2.89. The lowest BCUT2D eigenvalue weighted by Gasteiger charge is -2.14. The fourth-order valence-corrected chi connectivity index (χ4v) is 1.40. The third-order valence-corrected chi connectivity index (χ3v) is 2.32. The van der Waals surface area contributed by atoms with E-state index >= 15 is 0 Å². The molecule has 0 bridgehead atoms. The van der Waals surface area contributed by atoms with Crippen LogP contribution in [0.2, 0.25) is 0 Å². The van der Waals surface area contributed by atoms with Gasteiger partial charge >= 0.3 is 0 Å². The maximum atomic E-state index is 5.74. The zero-order chi connectivity index (χ0) is 11.4. The number of ether oxygens (including phenoxy) is 1. The lowest BCUT2D eigenvalue weighted by molar-refractivity contribution is 0.0924. The van der Waals surface area contributed by atoms with E-state index in [1.165, 1.54) is 0 Å². The van der Waals surface area contributed by atoms with Gasteiger partial charge in [0.05, 0.1) is 0 Å². The number of rotatable bonds is 4.